The van der Waals surface area contributed by atoms with Crippen LogP contribution >= 0.6 is 0 Å². The Morgan fingerprint density at radius 1 is 0.451 bits per heavy atom. The van der Waals surface area contributed by atoms with Crippen molar-refractivity contribution in [1.82, 2.24) is 0 Å². The number of carbonyl (C=O) groups is 1. The fraction of sp³-hybridized carbons (Fsp3) is 0.688. The first-order valence-electron chi connectivity index (χ1n) is 29.4. The number of carboxylic acids is 1. The zero-order valence-electron chi connectivity index (χ0n) is 47.2. The van der Waals surface area contributed by atoms with Crippen LogP contribution in [0.1, 0.15) is 244 Å². The van der Waals surface area contributed by atoms with E-state index < -0.39 is 5.97 Å². The van der Waals surface area contributed by atoms with E-state index in [1.807, 2.05) is 0 Å². The Bertz CT molecular complexity index is 1870. The van der Waals surface area contributed by atoms with Crippen LogP contribution in [0.5, 0.6) is 5.75 Å². The molecule has 0 amide bonds. The fourth-order valence-corrected chi connectivity index (χ4v) is 9.94. The van der Waals surface area contributed by atoms with Gasteiger partial charge in [-0.3, -0.25) is 4.79 Å². The molecule has 402 valence electrons. The summed E-state index contributed by atoms with van der Waals surface area (Å²) in [6, 6.07) is 15.0. The number of carboxylic acid groups (broad SMARTS) is 1. The topological polar surface area (TPSA) is 93.4 Å². The van der Waals surface area contributed by atoms with Crippen molar-refractivity contribution in [2.45, 2.75) is 233 Å². The molecule has 0 fully saturated rings. The molecule has 0 bridgehead atoms. The van der Waals surface area contributed by atoms with Gasteiger partial charge in [-0.1, -0.05) is 218 Å². The van der Waals surface area contributed by atoms with Gasteiger partial charge in [0.1, 0.15) is 11.3 Å². The van der Waals surface area contributed by atoms with E-state index in [1.165, 1.54) is 271 Å². The molecule has 0 N–H and O–H groups in total. The molecule has 1 heterocycles. The number of hydrogen-bond acceptors (Lipinski definition) is 5. The van der Waals surface area contributed by atoms with E-state index in [2.05, 4.69) is 55.9 Å². The molecule has 2 aromatic rings. The number of unbranched alkanes of at least 4 members (excludes halogenated alkanes) is 28. The predicted molar refractivity (Wildman–Crippen MR) is 302 cm³/mol. The van der Waals surface area contributed by atoms with E-state index in [4.69, 9.17) is 4.42 Å². The maximum Gasteiger partial charge on any atom is 0.182 e. The average Bonchev–Trinajstić information content (AvgIpc) is 3.34. The molecule has 7 nitrogen and oxygen atoms in total. The molecule has 0 spiro atoms. The minimum absolute atomic E-state index is 0.0219. The molecule has 4 rings (SSSR count). The fourth-order valence-electron chi connectivity index (χ4n) is 9.94. The molecule has 0 radical (unpaired) electrons. The third-order valence-corrected chi connectivity index (χ3v) is 14.5. The van der Waals surface area contributed by atoms with Gasteiger partial charge < -0.3 is 28.4 Å². The van der Waals surface area contributed by atoms with Gasteiger partial charge in [-0.15, -0.1) is 5.75 Å². The van der Waals surface area contributed by atoms with Crippen molar-refractivity contribution in [3.8, 4) is 28.2 Å². The Hall–Kier alpha value is -3.68. The van der Waals surface area contributed by atoms with Gasteiger partial charge in [0.05, 0.1) is 60.3 Å². The molecular formula is C64H106N2O5. The van der Waals surface area contributed by atoms with Gasteiger partial charge in [0.2, 0.25) is 0 Å². The lowest BCUT2D eigenvalue weighted by atomic mass is 9.91. The Morgan fingerprint density at radius 2 is 0.817 bits per heavy atom. The number of aromatic carboxylic acids is 1. The third-order valence-electron chi connectivity index (χ3n) is 14.5. The number of hydrogen-bond donors (Lipinski definition) is 0. The highest BCUT2D eigenvalue weighted by Gasteiger charge is 2.20. The van der Waals surface area contributed by atoms with Crippen molar-refractivity contribution in [3.05, 3.63) is 76.5 Å². The third kappa shape index (κ3) is 29.0. The van der Waals surface area contributed by atoms with Crippen LogP contribution in [0, 0.1) is 0 Å². The van der Waals surface area contributed by atoms with E-state index in [1.54, 1.807) is 30.3 Å². The van der Waals surface area contributed by atoms with Crippen LogP contribution in [0.3, 0.4) is 0 Å². The van der Waals surface area contributed by atoms with Crippen molar-refractivity contribution in [3.63, 3.8) is 0 Å². The monoisotopic (exact) mass is 983 g/mol. The standard InChI is InChI=1S/2C22H48N.C20H12O5/c2*1-5-7-9-11-13-15-17-19-21-23(3,4)22-20-18-16-14-12-10-8-6-2;21-11-5-7-15-17(9-11)25-18-10-12(22)6-8-16(18)19(15)13-3-1-2-4-14(13)20(23)24/h2*5-22H2,1-4H3;1-10,21H,(H,23,24)/q2*+1;/p-2. The molecule has 71 heavy (non-hydrogen) atoms. The largest absolute Gasteiger partial charge is 0.872 e. The highest BCUT2D eigenvalue weighted by atomic mass is 16.4. The molecule has 0 atom stereocenters. The maximum absolute atomic E-state index is 11.7. The minimum atomic E-state index is -1.31. The second-order valence-corrected chi connectivity index (χ2v) is 22.3. The van der Waals surface area contributed by atoms with E-state index in [9.17, 15) is 19.8 Å². The average molecular weight is 984 g/mol. The highest BCUT2D eigenvalue weighted by molar-refractivity contribution is 6.07. The molecule has 0 saturated carbocycles. The number of benzene rings is 3. The van der Waals surface area contributed by atoms with E-state index in [-0.39, 0.29) is 28.1 Å². The van der Waals surface area contributed by atoms with Crippen molar-refractivity contribution in [1.29, 1.82) is 0 Å². The highest BCUT2D eigenvalue weighted by Crippen LogP contribution is 2.41. The van der Waals surface area contributed by atoms with Crippen molar-refractivity contribution < 1.29 is 28.4 Å². The lowest BCUT2D eigenvalue weighted by molar-refractivity contribution is -0.890. The first-order valence-corrected chi connectivity index (χ1v) is 29.4. The summed E-state index contributed by atoms with van der Waals surface area (Å²) < 4.78 is 8.19. The van der Waals surface area contributed by atoms with E-state index in [0.29, 0.717) is 22.1 Å². The summed E-state index contributed by atoms with van der Waals surface area (Å²) >= 11 is 0. The molecule has 2 aliphatic rings. The van der Waals surface area contributed by atoms with Crippen LogP contribution in [0.25, 0.3) is 33.4 Å². The number of quaternary nitrogens is 2. The predicted octanol–water partition coefficient (Wildman–Crippen LogP) is 16.7. The summed E-state index contributed by atoms with van der Waals surface area (Å²) in [5.41, 5.74) is 1.66. The van der Waals surface area contributed by atoms with Gasteiger partial charge in [0.25, 0.3) is 0 Å². The quantitative estimate of drug-likeness (QED) is 0.0253. The van der Waals surface area contributed by atoms with Crippen LogP contribution in [0.4, 0.5) is 0 Å². The molecular weight excluding hydrogens is 877 g/mol. The SMILES string of the molecule is CCCCCCCCCC[N+](C)(C)CCCCCCCCCC.CCCCCCCCCC[N+](C)(C)CCCCCCCCCC.O=C([O-])c1ccccc1-c1c2ccc(=O)cc-2oc2cc([O-])ccc12. The lowest BCUT2D eigenvalue weighted by Crippen LogP contribution is -2.41. The molecule has 0 unspecified atom stereocenters. The minimum Gasteiger partial charge on any atom is -0.872 e. The number of nitrogens with zero attached hydrogens (tertiary/aromatic N) is 2. The zero-order valence-corrected chi connectivity index (χ0v) is 47.2. The van der Waals surface area contributed by atoms with Crippen LogP contribution in [-0.2, 0) is 0 Å². The molecule has 0 saturated heterocycles. The van der Waals surface area contributed by atoms with Crippen molar-refractivity contribution >= 4 is 16.9 Å². The summed E-state index contributed by atoms with van der Waals surface area (Å²) in [5, 5.41) is 23.8. The number of fused-ring (bicyclic) bond motifs is 2. The molecule has 0 aromatic heterocycles. The maximum atomic E-state index is 11.7. The van der Waals surface area contributed by atoms with Crippen LogP contribution in [-0.4, -0.2) is 69.3 Å². The first-order chi connectivity index (χ1) is 34.3. The molecule has 2 aromatic carbocycles. The number of rotatable bonds is 38. The van der Waals surface area contributed by atoms with Crippen molar-refractivity contribution in [2.24, 2.45) is 0 Å². The summed E-state index contributed by atoms with van der Waals surface area (Å²) in [5.74, 6) is -1.26. The summed E-state index contributed by atoms with van der Waals surface area (Å²) in [6.45, 7) is 14.7. The van der Waals surface area contributed by atoms with Crippen LogP contribution < -0.4 is 15.6 Å². The normalized spacial score (nSPS) is 11.7. The summed E-state index contributed by atoms with van der Waals surface area (Å²) in [4.78, 5) is 23.2. The van der Waals surface area contributed by atoms with Crippen molar-refractivity contribution in [2.75, 3.05) is 54.4 Å². The van der Waals surface area contributed by atoms with Gasteiger partial charge >= 0.3 is 0 Å². The zero-order chi connectivity index (χ0) is 52.0. The number of carbonyl (C=O) groups excluding carboxylic acids is 1. The lowest BCUT2D eigenvalue weighted by Gasteiger charge is -2.30. The Kier molecular flexibility index (Phi) is 34.7. The van der Waals surface area contributed by atoms with Gasteiger partial charge in [-0.05, 0) is 75.1 Å². The second kappa shape index (κ2) is 38.9. The first kappa shape index (κ1) is 63.4. The van der Waals surface area contributed by atoms with Crippen LogP contribution in [0.2, 0.25) is 0 Å². The summed E-state index contributed by atoms with van der Waals surface area (Å²) in [7, 11) is 9.73. The van der Waals surface area contributed by atoms with E-state index >= 15 is 0 Å². The summed E-state index contributed by atoms with van der Waals surface area (Å²) in [6.07, 6.45) is 46.1. The second-order valence-electron chi connectivity index (χ2n) is 22.3. The molecule has 1 aliphatic carbocycles. The molecule has 1 aliphatic heterocycles. The van der Waals surface area contributed by atoms with E-state index in [0.717, 1.165) is 0 Å². The molecule has 7 heteroatoms. The van der Waals surface area contributed by atoms with Gasteiger partial charge in [-0.2, -0.15) is 0 Å². The van der Waals surface area contributed by atoms with Crippen LogP contribution in [0.15, 0.2) is 69.9 Å². The Morgan fingerprint density at radius 3 is 1.20 bits per heavy atom. The Labute approximate surface area is 435 Å². The Balaban J connectivity index is 0.000000366. The smallest absolute Gasteiger partial charge is 0.182 e. The van der Waals surface area contributed by atoms with Gasteiger partial charge in [-0.25, -0.2) is 0 Å². The van der Waals surface area contributed by atoms with Gasteiger partial charge in [0, 0.05) is 28.1 Å². The van der Waals surface area contributed by atoms with Gasteiger partial charge in [0.15, 0.2) is 5.43 Å².